The number of nitrogens with two attached hydrogens (primary N) is 1. The van der Waals surface area contributed by atoms with Gasteiger partial charge in [0.25, 0.3) is 0 Å². The van der Waals surface area contributed by atoms with Gasteiger partial charge >= 0.3 is 5.97 Å². The number of nitrogens with zero attached hydrogens (tertiary/aromatic N) is 1. The van der Waals surface area contributed by atoms with Crippen molar-refractivity contribution in [1.82, 2.24) is 4.90 Å². The number of rotatable bonds is 10. The summed E-state index contributed by atoms with van der Waals surface area (Å²) in [6.07, 6.45) is 1.14. The molecule has 1 saturated heterocycles. The lowest BCUT2D eigenvalue weighted by Gasteiger charge is -2.32. The molecule has 42 heavy (non-hydrogen) atoms. The highest BCUT2D eigenvalue weighted by Gasteiger charge is 2.47. The first-order valence-electron chi connectivity index (χ1n) is 13.4. The Bertz CT molecular complexity index is 1660. The predicted octanol–water partition coefficient (Wildman–Crippen LogP) is 3.70. The molecule has 0 bridgehead atoms. The van der Waals surface area contributed by atoms with E-state index in [1.165, 1.54) is 42.3 Å². The number of ether oxygens (including phenoxy) is 1. The highest BCUT2D eigenvalue weighted by atomic mass is 32.2. The van der Waals surface area contributed by atoms with Gasteiger partial charge in [-0.15, -0.1) is 0 Å². The third-order valence-corrected chi connectivity index (χ3v) is 10.1. The van der Waals surface area contributed by atoms with Crippen molar-refractivity contribution in [2.45, 2.75) is 41.5 Å². The largest absolute Gasteiger partial charge is 0.494 e. The number of hydrogen-bond acceptors (Lipinski definition) is 7. The van der Waals surface area contributed by atoms with Crippen molar-refractivity contribution in [2.75, 3.05) is 19.0 Å². The van der Waals surface area contributed by atoms with Gasteiger partial charge in [0.05, 0.1) is 29.2 Å². The SMILES string of the molecule is COc1cc([C@H](Nc2cccc(C(N)=O)c2)C(=O)N2CCC(C(=O)O)C2c2ccccc2S(=O)(=O)C2CC2)ccc1F. The molecule has 1 heterocycles. The number of carbonyl (C=O) groups excluding carboxylic acids is 2. The van der Waals surface area contributed by atoms with Crippen LogP contribution in [0.25, 0.3) is 0 Å². The van der Waals surface area contributed by atoms with Crippen molar-refractivity contribution in [3.63, 3.8) is 0 Å². The summed E-state index contributed by atoms with van der Waals surface area (Å²) in [6.45, 7) is 0.0378. The highest BCUT2D eigenvalue weighted by molar-refractivity contribution is 7.92. The summed E-state index contributed by atoms with van der Waals surface area (Å²) in [4.78, 5) is 40.0. The zero-order valence-corrected chi connectivity index (χ0v) is 23.5. The molecule has 3 aromatic rings. The van der Waals surface area contributed by atoms with Gasteiger partial charge in [-0.25, -0.2) is 12.8 Å². The Kier molecular flexibility index (Phi) is 7.91. The van der Waals surface area contributed by atoms with Gasteiger partial charge in [0.1, 0.15) is 6.04 Å². The van der Waals surface area contributed by atoms with E-state index in [1.54, 1.807) is 30.3 Å². The maximum atomic E-state index is 14.4. The summed E-state index contributed by atoms with van der Waals surface area (Å²) >= 11 is 0. The molecular formula is C30H30FN3O7S. The summed E-state index contributed by atoms with van der Waals surface area (Å²) in [6, 6.07) is 14.0. The number of benzene rings is 3. The fraction of sp³-hybridized carbons (Fsp3) is 0.300. The van der Waals surface area contributed by atoms with Crippen LogP contribution in [0, 0.1) is 11.7 Å². The Labute approximate surface area is 242 Å². The molecule has 12 heteroatoms. The molecule has 2 amide bonds. The van der Waals surface area contributed by atoms with Crippen molar-refractivity contribution in [3.8, 4) is 5.75 Å². The lowest BCUT2D eigenvalue weighted by molar-refractivity contribution is -0.143. The van der Waals surface area contributed by atoms with Crippen LogP contribution in [0.5, 0.6) is 5.75 Å². The third kappa shape index (κ3) is 5.54. The normalized spacial score (nSPS) is 19.2. The van der Waals surface area contributed by atoms with E-state index in [1.807, 2.05) is 0 Å². The minimum absolute atomic E-state index is 0.0190. The minimum atomic E-state index is -3.73. The van der Waals surface area contributed by atoms with E-state index in [2.05, 4.69) is 5.32 Å². The minimum Gasteiger partial charge on any atom is -0.494 e. The van der Waals surface area contributed by atoms with E-state index >= 15 is 0 Å². The van der Waals surface area contributed by atoms with Crippen LogP contribution in [0.3, 0.4) is 0 Å². The quantitative estimate of drug-likeness (QED) is 0.320. The second-order valence-electron chi connectivity index (χ2n) is 10.4. The van der Waals surface area contributed by atoms with Gasteiger partial charge < -0.3 is 25.8 Å². The predicted molar refractivity (Wildman–Crippen MR) is 151 cm³/mol. The molecule has 2 unspecified atom stereocenters. The monoisotopic (exact) mass is 595 g/mol. The smallest absolute Gasteiger partial charge is 0.309 e. The average molecular weight is 596 g/mol. The molecule has 0 radical (unpaired) electrons. The number of methoxy groups -OCH3 is 1. The molecule has 10 nitrogen and oxygen atoms in total. The number of amides is 2. The number of sulfone groups is 1. The topological polar surface area (TPSA) is 156 Å². The molecule has 5 rings (SSSR count). The van der Waals surface area contributed by atoms with Crippen LogP contribution in [0.4, 0.5) is 10.1 Å². The molecule has 0 spiro atoms. The van der Waals surface area contributed by atoms with Gasteiger partial charge in [-0.05, 0) is 66.8 Å². The Hall–Kier alpha value is -4.45. The van der Waals surface area contributed by atoms with Crippen LogP contribution in [0.2, 0.25) is 0 Å². The fourth-order valence-corrected chi connectivity index (χ4v) is 7.36. The van der Waals surface area contributed by atoms with Crippen LogP contribution >= 0.6 is 0 Å². The van der Waals surface area contributed by atoms with E-state index in [9.17, 15) is 32.3 Å². The Balaban J connectivity index is 1.60. The van der Waals surface area contributed by atoms with Crippen LogP contribution in [-0.4, -0.2) is 55.1 Å². The number of hydrogen-bond donors (Lipinski definition) is 3. The molecule has 1 saturated carbocycles. The van der Waals surface area contributed by atoms with Crippen molar-refractivity contribution < 1.29 is 37.0 Å². The van der Waals surface area contributed by atoms with Gasteiger partial charge in [-0.1, -0.05) is 30.3 Å². The molecule has 0 aromatic heterocycles. The van der Waals surface area contributed by atoms with Gasteiger partial charge in [0, 0.05) is 17.8 Å². The number of carbonyl (C=O) groups is 3. The number of nitrogens with one attached hydrogen (secondary N) is 1. The highest BCUT2D eigenvalue weighted by Crippen LogP contribution is 2.44. The van der Waals surface area contributed by atoms with Crippen LogP contribution in [0.1, 0.15) is 52.8 Å². The van der Waals surface area contributed by atoms with Crippen LogP contribution in [0.15, 0.2) is 71.6 Å². The van der Waals surface area contributed by atoms with E-state index in [-0.39, 0.29) is 34.7 Å². The average Bonchev–Trinajstić information content (AvgIpc) is 3.75. The summed E-state index contributed by atoms with van der Waals surface area (Å²) < 4.78 is 46.2. The van der Waals surface area contributed by atoms with Gasteiger partial charge in [-0.3, -0.25) is 14.4 Å². The molecule has 1 aliphatic heterocycles. The lowest BCUT2D eigenvalue weighted by atomic mass is 9.93. The van der Waals surface area contributed by atoms with Crippen molar-refractivity contribution in [3.05, 3.63) is 89.2 Å². The zero-order chi connectivity index (χ0) is 30.2. The van der Waals surface area contributed by atoms with Crippen molar-refractivity contribution in [1.29, 1.82) is 0 Å². The van der Waals surface area contributed by atoms with E-state index < -0.39 is 56.7 Å². The molecule has 220 valence electrons. The second-order valence-corrected chi connectivity index (χ2v) is 12.6. The fourth-order valence-electron chi connectivity index (χ4n) is 5.46. The Morgan fingerprint density at radius 1 is 1.05 bits per heavy atom. The summed E-state index contributed by atoms with van der Waals surface area (Å²) in [5.74, 6) is -4.22. The maximum Gasteiger partial charge on any atom is 0.309 e. The van der Waals surface area contributed by atoms with E-state index in [4.69, 9.17) is 10.5 Å². The van der Waals surface area contributed by atoms with Gasteiger partial charge in [0.15, 0.2) is 21.4 Å². The van der Waals surface area contributed by atoms with E-state index in [0.29, 0.717) is 24.1 Å². The molecule has 1 aliphatic carbocycles. The second kappa shape index (κ2) is 11.4. The van der Waals surface area contributed by atoms with Gasteiger partial charge in [-0.2, -0.15) is 0 Å². The number of likely N-dealkylation sites (tertiary alicyclic amines) is 1. The number of carboxylic acids is 1. The van der Waals surface area contributed by atoms with E-state index in [0.717, 1.165) is 6.07 Å². The third-order valence-electron chi connectivity index (χ3n) is 7.72. The van der Waals surface area contributed by atoms with Crippen LogP contribution in [-0.2, 0) is 19.4 Å². The summed E-state index contributed by atoms with van der Waals surface area (Å²) in [5.41, 5.74) is 6.53. The molecular weight excluding hydrogens is 565 g/mol. The first kappa shape index (κ1) is 29.1. The molecule has 4 N–H and O–H groups in total. The molecule has 2 aliphatic rings. The first-order chi connectivity index (χ1) is 20.0. The number of primary amides is 1. The Morgan fingerprint density at radius 2 is 1.79 bits per heavy atom. The van der Waals surface area contributed by atoms with Crippen LogP contribution < -0.4 is 15.8 Å². The van der Waals surface area contributed by atoms with Crippen molar-refractivity contribution >= 4 is 33.3 Å². The standard InChI is InChI=1S/C30H30FN3O7S/c1-41-24-16-17(9-12-23(24)31)26(33-19-6-4-5-18(15-19)28(32)35)29(36)34-14-13-22(30(37)38)27(34)21-7-2-3-8-25(21)42(39,40)20-10-11-20/h2-9,12,15-16,20,22,26-27,33H,10-11,13-14H2,1H3,(H2,32,35)(H,37,38)/t22?,26-,27?/m0/s1. The molecule has 3 aromatic carbocycles. The van der Waals surface area contributed by atoms with Gasteiger partial charge in [0.2, 0.25) is 11.8 Å². The number of halogens is 1. The number of anilines is 1. The molecule has 3 atom stereocenters. The summed E-state index contributed by atoms with van der Waals surface area (Å²) in [7, 11) is -2.44. The first-order valence-corrected chi connectivity index (χ1v) is 14.9. The maximum absolute atomic E-state index is 14.4. The summed E-state index contributed by atoms with van der Waals surface area (Å²) in [5, 5.41) is 12.7. The number of carboxylic acid groups (broad SMARTS) is 1. The Morgan fingerprint density at radius 3 is 2.45 bits per heavy atom. The van der Waals surface area contributed by atoms with Crippen molar-refractivity contribution in [2.24, 2.45) is 11.7 Å². The molecule has 2 fully saturated rings. The lowest BCUT2D eigenvalue weighted by Crippen LogP contribution is -2.40. The zero-order valence-electron chi connectivity index (χ0n) is 22.7. The number of aliphatic carboxylic acids is 1.